The van der Waals surface area contributed by atoms with Gasteiger partial charge in [-0.15, -0.1) is 0 Å². The van der Waals surface area contributed by atoms with Crippen molar-refractivity contribution in [1.29, 1.82) is 0 Å². The Morgan fingerprint density at radius 3 is 1.75 bits per heavy atom. The molecule has 0 aromatic rings. The van der Waals surface area contributed by atoms with E-state index < -0.39 is 0 Å². The fraction of sp³-hybridized carbons (Fsp3) is 1.00. The highest BCUT2D eigenvalue weighted by Crippen LogP contribution is 2.34. The average molecular weight is 115 g/mol. The molecule has 1 rings (SSSR count). The van der Waals surface area contributed by atoms with Crippen molar-refractivity contribution in [2.75, 3.05) is 0 Å². The van der Waals surface area contributed by atoms with E-state index in [1.54, 1.807) is 0 Å². The van der Waals surface area contributed by atoms with Crippen LogP contribution in [0.2, 0.25) is 0 Å². The largest absolute Gasteiger partial charge is 0.353 e. The molecule has 0 bridgehead atoms. The maximum absolute atomic E-state index is 5.43. The summed E-state index contributed by atoms with van der Waals surface area (Å²) in [5.74, 6) is 0. The number of rotatable bonds is 0. The summed E-state index contributed by atoms with van der Waals surface area (Å²) < 4.78 is 5.06. The van der Waals surface area contributed by atoms with Crippen molar-refractivity contribution >= 4 is 0 Å². The highest BCUT2D eigenvalue weighted by Gasteiger charge is 2.44. The normalized spacial score (nSPS) is 37.5. The lowest BCUT2D eigenvalue weighted by Gasteiger charge is -2.12. The summed E-state index contributed by atoms with van der Waals surface area (Å²) in [5, 5.41) is 0. The third kappa shape index (κ3) is 1.01. The van der Waals surface area contributed by atoms with Crippen LogP contribution < -0.4 is 5.73 Å². The first-order valence-corrected chi connectivity index (χ1v) is 2.93. The first kappa shape index (κ1) is 6.05. The van der Waals surface area contributed by atoms with Crippen LogP contribution in [-0.2, 0) is 4.74 Å². The molecule has 2 atom stereocenters. The van der Waals surface area contributed by atoms with Gasteiger partial charge in [0.05, 0.1) is 0 Å². The van der Waals surface area contributed by atoms with Gasteiger partial charge in [-0.2, -0.15) is 0 Å². The summed E-state index contributed by atoms with van der Waals surface area (Å²) in [5.41, 5.74) is 5.67. The molecule has 0 aromatic heterocycles. The second-order valence-corrected chi connectivity index (χ2v) is 3.39. The Hall–Kier alpha value is -0.0800. The first-order chi connectivity index (χ1) is 3.52. The van der Waals surface area contributed by atoms with Crippen LogP contribution in [0.25, 0.3) is 0 Å². The second-order valence-electron chi connectivity index (χ2n) is 3.39. The Balaban J connectivity index is 2.39. The van der Waals surface area contributed by atoms with Crippen LogP contribution in [-0.4, -0.2) is 12.3 Å². The molecule has 2 unspecified atom stereocenters. The zero-order valence-corrected chi connectivity index (χ0v) is 5.64. The van der Waals surface area contributed by atoms with E-state index in [1.165, 1.54) is 0 Å². The molecule has 1 fully saturated rings. The van der Waals surface area contributed by atoms with Crippen LogP contribution in [0.4, 0.5) is 0 Å². The fourth-order valence-electron chi connectivity index (χ4n) is 0.821. The summed E-state index contributed by atoms with van der Waals surface area (Å²) in [6, 6.07) is 0. The summed E-state index contributed by atoms with van der Waals surface area (Å²) in [4.78, 5) is 0. The van der Waals surface area contributed by atoms with E-state index >= 15 is 0 Å². The van der Waals surface area contributed by atoms with Crippen molar-refractivity contribution in [3.8, 4) is 0 Å². The lowest BCUT2D eigenvalue weighted by Crippen LogP contribution is -2.19. The summed E-state index contributed by atoms with van der Waals surface area (Å²) in [7, 11) is 0. The molecule has 2 N–H and O–H groups in total. The summed E-state index contributed by atoms with van der Waals surface area (Å²) in [6.45, 7) is 6.39. The minimum Gasteiger partial charge on any atom is -0.353 e. The predicted molar refractivity (Wildman–Crippen MR) is 32.3 cm³/mol. The number of hydrogen-bond acceptors (Lipinski definition) is 2. The molecule has 0 spiro atoms. The van der Waals surface area contributed by atoms with Gasteiger partial charge in [0.2, 0.25) is 0 Å². The third-order valence-corrected chi connectivity index (χ3v) is 1.38. The van der Waals surface area contributed by atoms with Crippen LogP contribution in [0, 0.1) is 5.41 Å². The molecule has 0 aliphatic carbocycles. The maximum atomic E-state index is 5.43. The van der Waals surface area contributed by atoms with E-state index in [1.807, 2.05) is 0 Å². The molecule has 1 aliphatic heterocycles. The van der Waals surface area contributed by atoms with Gasteiger partial charge < -0.3 is 10.5 Å². The molecule has 1 heterocycles. The van der Waals surface area contributed by atoms with Gasteiger partial charge >= 0.3 is 0 Å². The fourth-order valence-corrected chi connectivity index (χ4v) is 0.821. The van der Waals surface area contributed by atoms with Crippen molar-refractivity contribution in [3.63, 3.8) is 0 Å². The van der Waals surface area contributed by atoms with Gasteiger partial charge in [0.25, 0.3) is 0 Å². The molecule has 0 saturated carbocycles. The minimum atomic E-state index is 0.00926. The molecule has 2 heteroatoms. The molecule has 2 nitrogen and oxygen atoms in total. The van der Waals surface area contributed by atoms with E-state index in [-0.39, 0.29) is 11.6 Å². The van der Waals surface area contributed by atoms with Gasteiger partial charge in [-0.3, -0.25) is 0 Å². The Bertz CT molecular complexity index is 95.2. The monoisotopic (exact) mass is 115 g/mol. The standard InChI is InChI=1S/C6H13NO/c1-6(2,3)4-5(7)8-4/h4-5H,7H2,1-3H3. The molecule has 8 heavy (non-hydrogen) atoms. The average Bonchev–Trinajstić information content (AvgIpc) is 2.13. The smallest absolute Gasteiger partial charge is 0.133 e. The first-order valence-electron chi connectivity index (χ1n) is 2.93. The Morgan fingerprint density at radius 1 is 1.38 bits per heavy atom. The minimum absolute atomic E-state index is 0.00926. The molecule has 0 aromatic carbocycles. The van der Waals surface area contributed by atoms with Crippen molar-refractivity contribution in [1.82, 2.24) is 0 Å². The van der Waals surface area contributed by atoms with Crippen molar-refractivity contribution < 1.29 is 4.74 Å². The molecule has 1 aliphatic rings. The van der Waals surface area contributed by atoms with Crippen molar-refractivity contribution in [2.24, 2.45) is 11.1 Å². The molecular weight excluding hydrogens is 102 g/mol. The van der Waals surface area contributed by atoms with Crippen LogP contribution in [0.5, 0.6) is 0 Å². The van der Waals surface area contributed by atoms with Crippen LogP contribution in [0.3, 0.4) is 0 Å². The van der Waals surface area contributed by atoms with Gasteiger partial charge in [0.15, 0.2) is 0 Å². The topological polar surface area (TPSA) is 38.5 Å². The van der Waals surface area contributed by atoms with Crippen LogP contribution in [0.1, 0.15) is 20.8 Å². The quantitative estimate of drug-likeness (QED) is 0.472. The SMILES string of the molecule is CC(C)(C)C1OC1N. The zero-order chi connectivity index (χ0) is 6.36. The zero-order valence-electron chi connectivity index (χ0n) is 5.64. The van der Waals surface area contributed by atoms with E-state index in [4.69, 9.17) is 10.5 Å². The van der Waals surface area contributed by atoms with Gasteiger partial charge in [-0.25, -0.2) is 0 Å². The van der Waals surface area contributed by atoms with E-state index in [2.05, 4.69) is 20.8 Å². The lowest BCUT2D eigenvalue weighted by atomic mass is 9.92. The summed E-state index contributed by atoms with van der Waals surface area (Å²) in [6.07, 6.45) is 0.303. The third-order valence-electron chi connectivity index (χ3n) is 1.38. The Kier molecular flexibility index (Phi) is 1.10. The van der Waals surface area contributed by atoms with Gasteiger partial charge in [0.1, 0.15) is 12.3 Å². The van der Waals surface area contributed by atoms with Gasteiger partial charge in [-0.1, -0.05) is 20.8 Å². The predicted octanol–water partition coefficient (Wildman–Crippen LogP) is 0.716. The second kappa shape index (κ2) is 1.45. The molecule has 1 saturated heterocycles. The van der Waals surface area contributed by atoms with Crippen LogP contribution in [0.15, 0.2) is 0 Å². The number of nitrogens with two attached hydrogens (primary N) is 1. The van der Waals surface area contributed by atoms with Gasteiger partial charge in [0, 0.05) is 0 Å². The Morgan fingerprint density at radius 2 is 1.75 bits per heavy atom. The molecule has 48 valence electrons. The van der Waals surface area contributed by atoms with Crippen molar-refractivity contribution in [2.45, 2.75) is 33.1 Å². The van der Waals surface area contributed by atoms with Crippen molar-refractivity contribution in [3.05, 3.63) is 0 Å². The van der Waals surface area contributed by atoms with E-state index in [0.29, 0.717) is 6.10 Å². The number of ether oxygens (including phenoxy) is 1. The maximum Gasteiger partial charge on any atom is 0.133 e. The molecule has 0 radical (unpaired) electrons. The summed E-state index contributed by atoms with van der Waals surface area (Å²) >= 11 is 0. The lowest BCUT2D eigenvalue weighted by molar-refractivity contribution is 0.261. The number of hydrogen-bond donors (Lipinski definition) is 1. The highest BCUT2D eigenvalue weighted by atomic mass is 16.6. The molecular formula is C6H13NO. The number of epoxide rings is 1. The van der Waals surface area contributed by atoms with E-state index in [0.717, 1.165) is 0 Å². The van der Waals surface area contributed by atoms with E-state index in [9.17, 15) is 0 Å². The van der Waals surface area contributed by atoms with Gasteiger partial charge in [-0.05, 0) is 5.41 Å². The van der Waals surface area contributed by atoms with Crippen LogP contribution >= 0.6 is 0 Å². The highest BCUT2D eigenvalue weighted by molar-refractivity contribution is 4.89. The molecule has 0 amide bonds. The Labute approximate surface area is 50.0 Å².